The zero-order valence-corrected chi connectivity index (χ0v) is 21.8. The Labute approximate surface area is 225 Å². The number of pyridine rings is 1. The first-order valence-corrected chi connectivity index (χ1v) is 12.9. The molecule has 3 aromatic rings. The number of aromatic nitrogens is 1. The Bertz CT molecular complexity index is 1380. The van der Waals surface area contributed by atoms with Crippen LogP contribution in [-0.2, 0) is 17.8 Å². The largest absolute Gasteiger partial charge is 0.497 e. The van der Waals surface area contributed by atoms with Crippen molar-refractivity contribution in [1.82, 2.24) is 9.88 Å². The zero-order valence-electron chi connectivity index (χ0n) is 21.8. The van der Waals surface area contributed by atoms with Crippen molar-refractivity contribution < 1.29 is 32.9 Å². The maximum Gasteiger partial charge on any atom is 0.303 e. The molecule has 0 amide bonds. The molecule has 1 fully saturated rings. The number of piperidine rings is 1. The summed E-state index contributed by atoms with van der Waals surface area (Å²) in [6, 6.07) is 6.83. The highest BCUT2D eigenvalue weighted by atomic mass is 19.1. The van der Waals surface area contributed by atoms with Crippen LogP contribution in [0.15, 0.2) is 36.5 Å². The number of benzene rings is 2. The van der Waals surface area contributed by atoms with Crippen molar-refractivity contribution in [2.45, 2.75) is 45.1 Å². The number of aliphatic hydroxyl groups excluding tert-OH is 1. The molecule has 9 heteroatoms. The molecule has 0 unspecified atom stereocenters. The predicted molar refractivity (Wildman–Crippen MR) is 141 cm³/mol. The van der Waals surface area contributed by atoms with E-state index in [4.69, 9.17) is 4.74 Å². The average molecular weight is 541 g/mol. The smallest absolute Gasteiger partial charge is 0.303 e. The fourth-order valence-corrected chi connectivity index (χ4v) is 5.39. The lowest BCUT2D eigenvalue weighted by molar-refractivity contribution is -0.140. The van der Waals surface area contributed by atoms with E-state index in [9.17, 15) is 28.2 Å². The van der Waals surface area contributed by atoms with Crippen molar-refractivity contribution in [2.24, 2.45) is 5.41 Å². The molecule has 1 saturated heterocycles. The molecule has 2 aromatic carbocycles. The van der Waals surface area contributed by atoms with E-state index in [1.165, 1.54) is 0 Å². The number of nitrogens with zero attached hydrogens (tertiary/aromatic N) is 2. The number of hydrogen-bond acceptors (Lipinski definition) is 5. The van der Waals surface area contributed by atoms with Crippen LogP contribution < -0.4 is 4.74 Å². The average Bonchev–Trinajstić information content (AvgIpc) is 2.90. The van der Waals surface area contributed by atoms with Crippen molar-refractivity contribution in [3.63, 3.8) is 0 Å². The maximum atomic E-state index is 13.8. The van der Waals surface area contributed by atoms with Gasteiger partial charge >= 0.3 is 5.97 Å². The van der Waals surface area contributed by atoms with E-state index >= 15 is 0 Å². The van der Waals surface area contributed by atoms with Gasteiger partial charge in [-0.2, -0.15) is 0 Å². The summed E-state index contributed by atoms with van der Waals surface area (Å²) in [6.45, 7) is 1.34. The first kappa shape index (κ1) is 28.4. The van der Waals surface area contributed by atoms with Crippen molar-refractivity contribution in [2.75, 3.05) is 26.7 Å². The number of fused-ring (bicyclic) bond motifs is 1. The van der Waals surface area contributed by atoms with Crippen LogP contribution in [0, 0.1) is 34.7 Å². The molecule has 206 valence electrons. The number of aryl methyl sites for hydroxylation is 1. The lowest BCUT2D eigenvalue weighted by Crippen LogP contribution is -2.41. The van der Waals surface area contributed by atoms with Crippen molar-refractivity contribution in [3.8, 4) is 17.6 Å². The first-order valence-electron chi connectivity index (χ1n) is 12.9. The third-order valence-corrected chi connectivity index (χ3v) is 7.55. The number of aliphatic carboxylic acids is 1. The van der Waals surface area contributed by atoms with Crippen LogP contribution in [0.5, 0.6) is 5.75 Å². The van der Waals surface area contributed by atoms with E-state index in [2.05, 4.69) is 16.8 Å². The van der Waals surface area contributed by atoms with Crippen molar-refractivity contribution in [1.29, 1.82) is 0 Å². The minimum absolute atomic E-state index is 0.0519. The second kappa shape index (κ2) is 12.5. The number of rotatable bonds is 9. The maximum absolute atomic E-state index is 13.8. The van der Waals surface area contributed by atoms with Gasteiger partial charge in [-0.05, 0) is 79.9 Å². The molecule has 0 bridgehead atoms. The molecule has 0 spiro atoms. The van der Waals surface area contributed by atoms with Crippen LogP contribution in [0.3, 0.4) is 0 Å². The number of carbonyl (C=O) groups is 1. The van der Waals surface area contributed by atoms with E-state index < -0.39 is 29.0 Å². The molecule has 0 aliphatic carbocycles. The highest BCUT2D eigenvalue weighted by molar-refractivity contribution is 5.84. The molecule has 2 heterocycles. The minimum Gasteiger partial charge on any atom is -0.497 e. The van der Waals surface area contributed by atoms with Crippen molar-refractivity contribution >= 4 is 16.9 Å². The van der Waals surface area contributed by atoms with Gasteiger partial charge in [0.05, 0.1) is 37.8 Å². The third kappa shape index (κ3) is 6.88. The van der Waals surface area contributed by atoms with Crippen LogP contribution in [0.25, 0.3) is 10.9 Å². The minimum atomic E-state index is -1.04. The van der Waals surface area contributed by atoms with Gasteiger partial charge in [0, 0.05) is 23.7 Å². The number of methoxy groups -OCH3 is 1. The van der Waals surface area contributed by atoms with Crippen LogP contribution >= 0.6 is 0 Å². The van der Waals surface area contributed by atoms with E-state index in [1.54, 1.807) is 13.3 Å². The Hall–Kier alpha value is -3.61. The lowest BCUT2D eigenvalue weighted by Gasteiger charge is -2.41. The summed E-state index contributed by atoms with van der Waals surface area (Å²) in [5.41, 5.74) is 1.69. The fourth-order valence-electron chi connectivity index (χ4n) is 5.39. The molecule has 1 aliphatic heterocycles. The van der Waals surface area contributed by atoms with E-state index in [0.717, 1.165) is 28.5 Å². The van der Waals surface area contributed by atoms with Gasteiger partial charge in [-0.3, -0.25) is 14.7 Å². The second-order valence-electron chi connectivity index (χ2n) is 10.0. The number of carboxylic acids is 1. The van der Waals surface area contributed by atoms with Gasteiger partial charge in [0.25, 0.3) is 0 Å². The van der Waals surface area contributed by atoms with Gasteiger partial charge < -0.3 is 14.9 Å². The van der Waals surface area contributed by atoms with E-state index in [0.29, 0.717) is 56.7 Å². The van der Waals surface area contributed by atoms with Gasteiger partial charge in [-0.25, -0.2) is 13.2 Å². The monoisotopic (exact) mass is 540 g/mol. The Morgan fingerprint density at radius 2 is 1.87 bits per heavy atom. The Morgan fingerprint density at radius 1 is 1.15 bits per heavy atom. The number of carboxylic acid groups (broad SMARTS) is 1. The Morgan fingerprint density at radius 3 is 2.51 bits per heavy atom. The number of hydrogen-bond donors (Lipinski definition) is 2. The second-order valence-corrected chi connectivity index (χ2v) is 10.0. The number of aliphatic hydroxyl groups is 1. The highest BCUT2D eigenvalue weighted by Crippen LogP contribution is 2.40. The van der Waals surface area contributed by atoms with Crippen LogP contribution in [0.2, 0.25) is 0 Å². The van der Waals surface area contributed by atoms with Gasteiger partial charge in [-0.1, -0.05) is 11.8 Å². The van der Waals surface area contributed by atoms with Crippen LogP contribution in [-0.4, -0.2) is 52.8 Å². The summed E-state index contributed by atoms with van der Waals surface area (Å²) in [6.07, 6.45) is 5.13. The molecule has 6 nitrogen and oxygen atoms in total. The molecule has 0 atom stereocenters. The molecule has 1 aromatic heterocycles. The van der Waals surface area contributed by atoms with E-state index in [-0.39, 0.29) is 25.0 Å². The van der Waals surface area contributed by atoms with E-state index in [1.807, 2.05) is 23.1 Å². The van der Waals surface area contributed by atoms with Gasteiger partial charge in [0.15, 0.2) is 0 Å². The normalized spacial score (nSPS) is 15.1. The fraction of sp³-hybridized carbons (Fsp3) is 0.400. The van der Waals surface area contributed by atoms with Gasteiger partial charge in [0.1, 0.15) is 23.2 Å². The number of ether oxygens (including phenoxy) is 1. The van der Waals surface area contributed by atoms with Crippen LogP contribution in [0.1, 0.15) is 48.8 Å². The van der Waals surface area contributed by atoms with Gasteiger partial charge in [-0.15, -0.1) is 0 Å². The summed E-state index contributed by atoms with van der Waals surface area (Å²) >= 11 is 0. The summed E-state index contributed by atoms with van der Waals surface area (Å²) in [5.74, 6) is 2.00. The SMILES string of the molecule is COc1ccc2ncc(CO)c(CCCC3(CC(=O)O)CCN(CC#Cc4c(F)cc(F)cc4F)CC3)c2c1. The molecule has 4 rings (SSSR count). The molecule has 39 heavy (non-hydrogen) atoms. The summed E-state index contributed by atoms with van der Waals surface area (Å²) < 4.78 is 46.2. The Kier molecular flexibility index (Phi) is 9.10. The Balaban J connectivity index is 1.42. The first-order chi connectivity index (χ1) is 18.7. The zero-order chi connectivity index (χ0) is 28.0. The predicted octanol–water partition coefficient (Wildman–Crippen LogP) is 5.08. The molecule has 0 saturated carbocycles. The third-order valence-electron chi connectivity index (χ3n) is 7.55. The molecular weight excluding hydrogens is 509 g/mol. The number of likely N-dealkylation sites (tertiary alicyclic amines) is 1. The summed E-state index contributed by atoms with van der Waals surface area (Å²) in [5, 5.41) is 20.5. The highest BCUT2D eigenvalue weighted by Gasteiger charge is 2.36. The number of halogens is 3. The summed E-state index contributed by atoms with van der Waals surface area (Å²) in [4.78, 5) is 18.2. The molecule has 2 N–H and O–H groups in total. The standard InChI is InChI=1S/C30H31F3N2O4/c1-39-22-6-7-28-25(16-22)23(20(19-36)18-34-28)4-2-8-30(17-29(37)38)9-12-35(13-10-30)11-3-5-24-26(32)14-21(31)15-27(24)33/h6-7,14-16,18,36H,2,4,8-13,17,19H2,1H3,(H,37,38). The lowest BCUT2D eigenvalue weighted by atomic mass is 9.72. The molecule has 1 aliphatic rings. The summed E-state index contributed by atoms with van der Waals surface area (Å²) in [7, 11) is 1.59. The van der Waals surface area contributed by atoms with Crippen molar-refractivity contribution in [3.05, 3.63) is 70.7 Å². The quantitative estimate of drug-likeness (QED) is 0.368. The topological polar surface area (TPSA) is 82.9 Å². The van der Waals surface area contributed by atoms with Gasteiger partial charge in [0.2, 0.25) is 0 Å². The molecular formula is C30H31F3N2O4. The molecule has 0 radical (unpaired) electrons. The van der Waals surface area contributed by atoms with Crippen LogP contribution in [0.4, 0.5) is 13.2 Å².